The Morgan fingerprint density at radius 2 is 2.00 bits per heavy atom. The maximum Gasteiger partial charge on any atom is 0.344 e. The van der Waals surface area contributed by atoms with Gasteiger partial charge in [-0.3, -0.25) is 20.0 Å². The summed E-state index contributed by atoms with van der Waals surface area (Å²) in [6.45, 7) is 1.62. The van der Waals surface area contributed by atoms with Crippen molar-refractivity contribution < 1.29 is 14.4 Å². The number of carbonyl (C=O) groups excluding carboxylic acids is 3. The summed E-state index contributed by atoms with van der Waals surface area (Å²) in [5.74, 6) is -0.198. The fourth-order valence-corrected chi connectivity index (χ4v) is 3.37. The summed E-state index contributed by atoms with van der Waals surface area (Å²) < 4.78 is 0. The van der Waals surface area contributed by atoms with Gasteiger partial charge in [0.15, 0.2) is 0 Å². The molecule has 0 spiro atoms. The highest BCUT2D eigenvalue weighted by molar-refractivity contribution is 7.99. The second kappa shape index (κ2) is 7.57. The minimum Gasteiger partial charge on any atom is -0.318 e. The number of imide groups is 1. The van der Waals surface area contributed by atoms with Crippen molar-refractivity contribution in [3.8, 4) is 0 Å². The van der Waals surface area contributed by atoms with Gasteiger partial charge in [-0.1, -0.05) is 36.4 Å². The summed E-state index contributed by atoms with van der Waals surface area (Å²) in [6.07, 6.45) is 3.41. The third-order valence-electron chi connectivity index (χ3n) is 4.00. The van der Waals surface area contributed by atoms with Crippen molar-refractivity contribution in [1.29, 1.82) is 0 Å². The monoisotopic (exact) mass is 370 g/mol. The molecule has 0 radical (unpaired) electrons. The number of benzene rings is 1. The molecule has 3 rings (SSSR count). The highest BCUT2D eigenvalue weighted by Crippen LogP contribution is 2.27. The quantitative estimate of drug-likeness (QED) is 0.757. The first kappa shape index (κ1) is 17.9. The van der Waals surface area contributed by atoms with Crippen molar-refractivity contribution in [2.24, 2.45) is 0 Å². The molecule has 8 heteroatoms. The topological polar surface area (TPSA) is 91.4 Å². The lowest BCUT2D eigenvalue weighted by atomic mass is 9.92. The first-order valence-corrected chi connectivity index (χ1v) is 9.14. The van der Waals surface area contributed by atoms with Crippen LogP contribution in [0.5, 0.6) is 0 Å². The molecule has 26 heavy (non-hydrogen) atoms. The number of hydrazine groups is 1. The summed E-state index contributed by atoms with van der Waals surface area (Å²) in [5, 5.41) is 3.39. The molecular weight excluding hydrogens is 352 g/mol. The highest BCUT2D eigenvalue weighted by atomic mass is 32.2. The Balaban J connectivity index is 1.58. The smallest absolute Gasteiger partial charge is 0.318 e. The van der Waals surface area contributed by atoms with Gasteiger partial charge in [-0.2, -0.15) is 5.01 Å². The van der Waals surface area contributed by atoms with Crippen molar-refractivity contribution >= 4 is 29.6 Å². The molecule has 2 aromatic rings. The summed E-state index contributed by atoms with van der Waals surface area (Å²) >= 11 is 1.37. The van der Waals surface area contributed by atoms with Gasteiger partial charge in [-0.05, 0) is 24.1 Å². The number of urea groups is 1. The average molecular weight is 370 g/mol. The molecule has 134 valence electrons. The van der Waals surface area contributed by atoms with Gasteiger partial charge in [-0.15, -0.1) is 11.8 Å². The summed E-state index contributed by atoms with van der Waals surface area (Å²) in [6, 6.07) is 12.0. The number of hydrogen-bond donors (Lipinski definition) is 2. The normalized spacial score (nSPS) is 19.3. The molecule has 0 saturated carbocycles. The zero-order chi connectivity index (χ0) is 18.6. The van der Waals surface area contributed by atoms with Crippen molar-refractivity contribution in [3.05, 3.63) is 66.0 Å². The number of amides is 4. The van der Waals surface area contributed by atoms with Crippen molar-refractivity contribution in [3.63, 3.8) is 0 Å². The van der Waals surface area contributed by atoms with E-state index >= 15 is 0 Å². The highest BCUT2D eigenvalue weighted by Gasteiger charge is 2.49. The van der Waals surface area contributed by atoms with E-state index in [-0.39, 0.29) is 5.75 Å². The van der Waals surface area contributed by atoms with Gasteiger partial charge in [0.1, 0.15) is 5.54 Å². The number of nitrogens with zero attached hydrogens (tertiary/aromatic N) is 2. The Bertz CT molecular complexity index is 816. The molecule has 0 bridgehead atoms. The number of pyridine rings is 1. The second-order valence-electron chi connectivity index (χ2n) is 5.95. The van der Waals surface area contributed by atoms with Crippen LogP contribution in [0.25, 0.3) is 0 Å². The molecule has 4 amide bonds. The number of hydrogen-bond acceptors (Lipinski definition) is 5. The number of rotatable bonds is 6. The maximum atomic E-state index is 12.7. The van der Waals surface area contributed by atoms with Gasteiger partial charge in [0.2, 0.25) is 5.91 Å². The Kier molecular flexibility index (Phi) is 5.22. The number of nitrogens with one attached hydrogen (secondary N) is 2. The Hall–Kier alpha value is -2.87. The Morgan fingerprint density at radius 1 is 1.23 bits per heavy atom. The van der Waals surface area contributed by atoms with Crippen LogP contribution in [0.4, 0.5) is 4.79 Å². The van der Waals surface area contributed by atoms with Crippen molar-refractivity contribution in [2.75, 3.05) is 5.75 Å². The van der Waals surface area contributed by atoms with Crippen LogP contribution in [0, 0.1) is 0 Å². The van der Waals surface area contributed by atoms with E-state index in [4.69, 9.17) is 0 Å². The van der Waals surface area contributed by atoms with Crippen LogP contribution in [0.3, 0.4) is 0 Å². The molecule has 2 N–H and O–H groups in total. The van der Waals surface area contributed by atoms with E-state index in [9.17, 15) is 14.4 Å². The number of thioether (sulfide) groups is 1. The SMILES string of the molecule is CC1(c2ccccc2)NC(=O)N(NC(=O)CSCc2cccnc2)C1=O. The molecule has 1 fully saturated rings. The summed E-state index contributed by atoms with van der Waals surface area (Å²) in [7, 11) is 0. The predicted octanol–water partition coefficient (Wildman–Crippen LogP) is 1.81. The molecule has 1 aliphatic rings. The minimum absolute atomic E-state index is 0.119. The van der Waals surface area contributed by atoms with Gasteiger partial charge < -0.3 is 5.32 Å². The van der Waals surface area contributed by atoms with Gasteiger partial charge in [0.25, 0.3) is 5.91 Å². The molecule has 0 aliphatic carbocycles. The van der Waals surface area contributed by atoms with Gasteiger partial charge in [0, 0.05) is 18.1 Å². The molecule has 2 heterocycles. The first-order valence-electron chi connectivity index (χ1n) is 7.99. The Morgan fingerprint density at radius 3 is 2.69 bits per heavy atom. The molecule has 1 saturated heterocycles. The van der Waals surface area contributed by atoms with E-state index < -0.39 is 23.4 Å². The first-order chi connectivity index (χ1) is 12.5. The van der Waals surface area contributed by atoms with Crippen LogP contribution < -0.4 is 10.7 Å². The van der Waals surface area contributed by atoms with E-state index in [0.29, 0.717) is 11.3 Å². The zero-order valence-electron chi connectivity index (χ0n) is 14.1. The van der Waals surface area contributed by atoms with E-state index in [2.05, 4.69) is 15.7 Å². The van der Waals surface area contributed by atoms with Crippen LogP contribution in [0.15, 0.2) is 54.9 Å². The number of aromatic nitrogens is 1. The number of carbonyl (C=O) groups is 3. The molecule has 1 aromatic carbocycles. The van der Waals surface area contributed by atoms with Crippen molar-refractivity contribution in [1.82, 2.24) is 20.7 Å². The van der Waals surface area contributed by atoms with Crippen LogP contribution in [-0.2, 0) is 20.9 Å². The third-order valence-corrected chi connectivity index (χ3v) is 5.01. The van der Waals surface area contributed by atoms with Crippen LogP contribution in [0.2, 0.25) is 0 Å². The minimum atomic E-state index is -1.20. The van der Waals surface area contributed by atoms with Crippen LogP contribution >= 0.6 is 11.8 Å². The van der Waals surface area contributed by atoms with Gasteiger partial charge >= 0.3 is 6.03 Å². The molecule has 1 aromatic heterocycles. The van der Waals surface area contributed by atoms with E-state index in [1.807, 2.05) is 18.2 Å². The van der Waals surface area contributed by atoms with E-state index in [0.717, 1.165) is 10.6 Å². The standard InChI is InChI=1S/C18H18N4O3S/c1-18(14-7-3-2-4-8-14)16(24)22(17(25)20-18)21-15(23)12-26-11-13-6-5-9-19-10-13/h2-10H,11-12H2,1H3,(H,20,25)(H,21,23). The van der Waals surface area contributed by atoms with E-state index in [1.54, 1.807) is 43.6 Å². The molecule has 1 atom stereocenters. The molecular formula is C18H18N4O3S. The van der Waals surface area contributed by atoms with Gasteiger partial charge in [-0.25, -0.2) is 4.79 Å². The fraction of sp³-hybridized carbons (Fsp3) is 0.222. The fourth-order valence-electron chi connectivity index (χ4n) is 2.61. The molecule has 1 unspecified atom stereocenters. The Labute approximate surface area is 155 Å². The van der Waals surface area contributed by atoms with E-state index in [1.165, 1.54) is 11.8 Å². The maximum absolute atomic E-state index is 12.7. The second-order valence-corrected chi connectivity index (χ2v) is 6.94. The lowest BCUT2D eigenvalue weighted by molar-refractivity contribution is -0.138. The predicted molar refractivity (Wildman–Crippen MR) is 97.7 cm³/mol. The lowest BCUT2D eigenvalue weighted by Gasteiger charge is -2.22. The third kappa shape index (κ3) is 3.70. The van der Waals surface area contributed by atoms with Crippen molar-refractivity contribution in [2.45, 2.75) is 18.2 Å². The lowest BCUT2D eigenvalue weighted by Crippen LogP contribution is -2.48. The average Bonchev–Trinajstić information content (AvgIpc) is 2.87. The van der Waals surface area contributed by atoms with Crippen LogP contribution in [-0.4, -0.2) is 33.6 Å². The zero-order valence-corrected chi connectivity index (χ0v) is 15.0. The largest absolute Gasteiger partial charge is 0.344 e. The summed E-state index contributed by atoms with van der Waals surface area (Å²) in [5.41, 5.74) is 2.84. The van der Waals surface area contributed by atoms with Gasteiger partial charge in [0.05, 0.1) is 5.75 Å². The molecule has 7 nitrogen and oxygen atoms in total. The molecule has 1 aliphatic heterocycles. The van der Waals surface area contributed by atoms with Crippen LogP contribution in [0.1, 0.15) is 18.1 Å². The summed E-state index contributed by atoms with van der Waals surface area (Å²) in [4.78, 5) is 41.0.